The summed E-state index contributed by atoms with van der Waals surface area (Å²) in [6.45, 7) is 3.21. The molecular formula is C7H11NaO5S. The van der Waals surface area contributed by atoms with Crippen LogP contribution in [0.5, 0.6) is 0 Å². The molecule has 0 aliphatic carbocycles. The standard InChI is InChI=1S/C7H12O5S.Na/c1-6(7(8)9)4-2-3-5-13(10,11)12;/h1-5H2,(H,8,9)(H,10,11,12);/q;+1/p-1. The van der Waals surface area contributed by atoms with Crippen molar-refractivity contribution in [2.24, 2.45) is 0 Å². The van der Waals surface area contributed by atoms with Gasteiger partial charge < -0.3 is 9.90 Å². The molecule has 0 atom stereocenters. The fourth-order valence-corrected chi connectivity index (χ4v) is 1.29. The van der Waals surface area contributed by atoms with Gasteiger partial charge in [-0.05, 0) is 24.8 Å². The van der Waals surface area contributed by atoms with E-state index in [0.29, 0.717) is 6.42 Å². The maximum Gasteiger partial charge on any atom is 1.00 e. The molecule has 7 heteroatoms. The zero-order valence-electron chi connectivity index (χ0n) is 8.02. The number of aliphatic carboxylic acids is 1. The van der Waals surface area contributed by atoms with Crippen molar-refractivity contribution < 1.29 is 52.4 Å². The molecular weight excluding hydrogens is 219 g/mol. The third kappa shape index (κ3) is 10.2. The van der Waals surface area contributed by atoms with Crippen molar-refractivity contribution in [2.45, 2.75) is 19.3 Å². The molecule has 0 rings (SSSR count). The molecule has 0 heterocycles. The van der Waals surface area contributed by atoms with Gasteiger partial charge in [0, 0.05) is 0 Å². The summed E-state index contributed by atoms with van der Waals surface area (Å²) in [4.78, 5) is 10.1. The van der Waals surface area contributed by atoms with Crippen LogP contribution in [0.1, 0.15) is 19.3 Å². The minimum atomic E-state index is -3.94. The first kappa shape index (κ1) is 16.5. The second kappa shape index (κ2) is 7.42. The van der Waals surface area contributed by atoms with E-state index in [2.05, 4.69) is 6.58 Å². The Morgan fingerprint density at radius 1 is 1.36 bits per heavy atom. The quantitative estimate of drug-likeness (QED) is 0.220. The first-order valence-electron chi connectivity index (χ1n) is 3.67. The smallest absolute Gasteiger partial charge is 0.545 e. The number of hydrogen-bond donors (Lipinski definition) is 1. The number of carboxylic acids is 1. The van der Waals surface area contributed by atoms with Gasteiger partial charge >= 0.3 is 29.6 Å². The first-order valence-corrected chi connectivity index (χ1v) is 5.28. The van der Waals surface area contributed by atoms with E-state index in [1.165, 1.54) is 0 Å². The molecule has 0 aromatic rings. The van der Waals surface area contributed by atoms with Gasteiger partial charge in [-0.2, -0.15) is 8.42 Å². The van der Waals surface area contributed by atoms with Gasteiger partial charge in [-0.15, -0.1) is 0 Å². The molecule has 0 saturated carbocycles. The third-order valence-electron chi connectivity index (χ3n) is 1.42. The van der Waals surface area contributed by atoms with Crippen molar-refractivity contribution in [3.05, 3.63) is 12.2 Å². The van der Waals surface area contributed by atoms with E-state index in [4.69, 9.17) is 4.55 Å². The van der Waals surface area contributed by atoms with E-state index in [1.54, 1.807) is 0 Å². The van der Waals surface area contributed by atoms with Crippen molar-refractivity contribution in [1.82, 2.24) is 0 Å². The van der Waals surface area contributed by atoms with Gasteiger partial charge in [0.2, 0.25) is 0 Å². The third-order valence-corrected chi connectivity index (χ3v) is 2.22. The van der Waals surface area contributed by atoms with Crippen molar-refractivity contribution in [3.8, 4) is 0 Å². The van der Waals surface area contributed by atoms with Crippen LogP contribution in [0.4, 0.5) is 0 Å². The van der Waals surface area contributed by atoms with Crippen molar-refractivity contribution in [2.75, 3.05) is 5.75 Å². The van der Waals surface area contributed by atoms with E-state index in [0.717, 1.165) is 0 Å². The Kier molecular flexibility index (Phi) is 8.77. The summed E-state index contributed by atoms with van der Waals surface area (Å²) in [6, 6.07) is 0. The van der Waals surface area contributed by atoms with Gasteiger partial charge in [-0.25, -0.2) is 0 Å². The fourth-order valence-electron chi connectivity index (χ4n) is 0.725. The Balaban J connectivity index is 0. The molecule has 0 bridgehead atoms. The Bertz CT molecular complexity index is 295. The normalized spacial score (nSPS) is 10.4. The number of carbonyl (C=O) groups is 1. The van der Waals surface area contributed by atoms with Crippen LogP contribution in [0.3, 0.4) is 0 Å². The van der Waals surface area contributed by atoms with Gasteiger partial charge in [0.05, 0.1) is 11.7 Å². The number of rotatable bonds is 6. The second-order valence-electron chi connectivity index (χ2n) is 2.63. The Labute approximate surface area is 105 Å². The van der Waals surface area contributed by atoms with Crippen LogP contribution >= 0.6 is 0 Å². The number of unbranched alkanes of at least 4 members (excludes halogenated alkanes) is 1. The number of carboxylic acid groups (broad SMARTS) is 1. The summed E-state index contributed by atoms with van der Waals surface area (Å²) < 4.78 is 28.7. The maximum absolute atomic E-state index is 10.2. The molecule has 0 radical (unpaired) electrons. The summed E-state index contributed by atoms with van der Waals surface area (Å²) in [5, 5.41) is 10.1. The summed E-state index contributed by atoms with van der Waals surface area (Å²) in [5.41, 5.74) is -0.0599. The SMILES string of the molecule is C=C(CCCCS(=O)(=O)O)C(=O)[O-].[Na+]. The molecule has 0 amide bonds. The van der Waals surface area contributed by atoms with Crippen LogP contribution in [0, 0.1) is 0 Å². The average molecular weight is 230 g/mol. The van der Waals surface area contributed by atoms with Gasteiger partial charge in [-0.1, -0.05) is 6.58 Å². The van der Waals surface area contributed by atoms with E-state index in [1.807, 2.05) is 0 Å². The molecule has 14 heavy (non-hydrogen) atoms. The average Bonchev–Trinajstić information content (AvgIpc) is 1.95. The first-order chi connectivity index (χ1) is 5.83. The molecule has 76 valence electrons. The molecule has 0 fully saturated rings. The fraction of sp³-hybridized carbons (Fsp3) is 0.571. The molecule has 0 spiro atoms. The monoisotopic (exact) mass is 230 g/mol. The Hall–Kier alpha value is 0.120. The van der Waals surface area contributed by atoms with Gasteiger partial charge in [-0.3, -0.25) is 4.55 Å². The molecule has 0 aliphatic rings. The summed E-state index contributed by atoms with van der Waals surface area (Å²) in [7, 11) is -3.94. The molecule has 0 aromatic carbocycles. The maximum atomic E-state index is 10.2. The van der Waals surface area contributed by atoms with Gasteiger partial charge in [0.15, 0.2) is 0 Å². The molecule has 1 N–H and O–H groups in total. The van der Waals surface area contributed by atoms with Gasteiger partial charge in [0.1, 0.15) is 0 Å². The van der Waals surface area contributed by atoms with E-state index >= 15 is 0 Å². The minimum absolute atomic E-state index is 0. The summed E-state index contributed by atoms with van der Waals surface area (Å²) >= 11 is 0. The number of hydrogen-bond acceptors (Lipinski definition) is 4. The van der Waals surface area contributed by atoms with Gasteiger partial charge in [0.25, 0.3) is 10.1 Å². The van der Waals surface area contributed by atoms with E-state index < -0.39 is 16.1 Å². The zero-order chi connectivity index (χ0) is 10.5. The Morgan fingerprint density at radius 3 is 2.21 bits per heavy atom. The minimum Gasteiger partial charge on any atom is -0.545 e. The zero-order valence-corrected chi connectivity index (χ0v) is 10.8. The number of carbonyl (C=O) groups excluding carboxylic acids is 1. The van der Waals surface area contributed by atoms with Crippen molar-refractivity contribution in [1.29, 1.82) is 0 Å². The molecule has 5 nitrogen and oxygen atoms in total. The van der Waals surface area contributed by atoms with Crippen LogP contribution in [0.2, 0.25) is 0 Å². The van der Waals surface area contributed by atoms with Crippen LogP contribution in [-0.4, -0.2) is 24.7 Å². The van der Waals surface area contributed by atoms with Crippen LogP contribution in [0.15, 0.2) is 12.2 Å². The van der Waals surface area contributed by atoms with E-state index in [-0.39, 0.29) is 53.7 Å². The topological polar surface area (TPSA) is 94.5 Å². The molecule has 0 unspecified atom stereocenters. The van der Waals surface area contributed by atoms with Crippen LogP contribution < -0.4 is 34.7 Å². The Morgan fingerprint density at radius 2 is 1.86 bits per heavy atom. The van der Waals surface area contributed by atoms with Crippen LogP contribution in [-0.2, 0) is 14.9 Å². The largest absolute Gasteiger partial charge is 1.00 e. The molecule has 0 saturated heterocycles. The van der Waals surface area contributed by atoms with Crippen molar-refractivity contribution in [3.63, 3.8) is 0 Å². The second-order valence-corrected chi connectivity index (χ2v) is 4.21. The van der Waals surface area contributed by atoms with Crippen LogP contribution in [0.25, 0.3) is 0 Å². The summed E-state index contributed by atoms with van der Waals surface area (Å²) in [6.07, 6.45) is 0.746. The van der Waals surface area contributed by atoms with E-state index in [9.17, 15) is 18.3 Å². The molecule has 0 aromatic heterocycles. The molecule has 0 aliphatic heterocycles. The predicted octanol–water partition coefficient (Wildman–Crippen LogP) is -3.65. The van der Waals surface area contributed by atoms with Crippen molar-refractivity contribution >= 4 is 16.1 Å². The predicted molar refractivity (Wildman–Crippen MR) is 44.4 cm³/mol. The summed E-state index contributed by atoms with van der Waals surface area (Å²) in [5.74, 6) is -1.68.